The summed E-state index contributed by atoms with van der Waals surface area (Å²) < 4.78 is 35.2. The molecule has 3 heterocycles. The van der Waals surface area contributed by atoms with Crippen molar-refractivity contribution in [3.05, 3.63) is 77.5 Å². The zero-order valence-electron chi connectivity index (χ0n) is 15.5. The molecule has 7 heteroatoms. The van der Waals surface area contributed by atoms with Crippen LogP contribution in [0.15, 0.2) is 48.9 Å². The third kappa shape index (κ3) is 3.09. The summed E-state index contributed by atoms with van der Waals surface area (Å²) in [6.45, 7) is 1.68. The average molecular weight is 380 g/mol. The molecule has 0 unspecified atom stereocenters. The number of nitrogens with zero attached hydrogens (tertiary/aromatic N) is 4. The van der Waals surface area contributed by atoms with Crippen molar-refractivity contribution in [1.29, 1.82) is 0 Å². The van der Waals surface area contributed by atoms with Crippen molar-refractivity contribution in [1.82, 2.24) is 19.6 Å². The van der Waals surface area contributed by atoms with Crippen LogP contribution in [0.1, 0.15) is 16.8 Å². The molecule has 28 heavy (non-hydrogen) atoms. The highest BCUT2D eigenvalue weighted by molar-refractivity contribution is 5.79. The van der Waals surface area contributed by atoms with Gasteiger partial charge >= 0.3 is 0 Å². The van der Waals surface area contributed by atoms with Gasteiger partial charge in [-0.25, -0.2) is 9.37 Å². The fourth-order valence-corrected chi connectivity index (χ4v) is 3.40. The molecule has 0 spiro atoms. The van der Waals surface area contributed by atoms with Gasteiger partial charge in [-0.15, -0.1) is 10.2 Å². The van der Waals surface area contributed by atoms with E-state index in [9.17, 15) is 8.78 Å². The van der Waals surface area contributed by atoms with Crippen LogP contribution in [0.5, 0.6) is 5.75 Å². The summed E-state index contributed by atoms with van der Waals surface area (Å²) in [6, 6.07) is 10.4. The van der Waals surface area contributed by atoms with E-state index in [-0.39, 0.29) is 5.82 Å². The van der Waals surface area contributed by atoms with Crippen LogP contribution in [0.3, 0.4) is 0 Å². The largest absolute Gasteiger partial charge is 0.496 e. The summed E-state index contributed by atoms with van der Waals surface area (Å²) in [4.78, 5) is 3.68. The molecule has 1 aromatic carbocycles. The lowest BCUT2D eigenvalue weighted by molar-refractivity contribution is 0.404. The second-order valence-corrected chi connectivity index (χ2v) is 6.46. The van der Waals surface area contributed by atoms with E-state index in [1.54, 1.807) is 31.5 Å². The first kappa shape index (κ1) is 18.0. The molecule has 0 radical (unpaired) electrons. The number of aromatic nitrogens is 4. The Labute approximate surface area is 160 Å². The van der Waals surface area contributed by atoms with Gasteiger partial charge in [0.1, 0.15) is 17.9 Å². The maximum Gasteiger partial charge on any atom is 0.216 e. The van der Waals surface area contributed by atoms with Gasteiger partial charge in [0, 0.05) is 28.6 Å². The van der Waals surface area contributed by atoms with Gasteiger partial charge in [0.05, 0.1) is 7.11 Å². The maximum atomic E-state index is 14.2. The second-order valence-electron chi connectivity index (χ2n) is 6.46. The summed E-state index contributed by atoms with van der Waals surface area (Å²) >= 11 is 0. The molecule has 0 fully saturated rings. The van der Waals surface area contributed by atoms with Crippen LogP contribution in [0, 0.1) is 18.7 Å². The zero-order chi connectivity index (χ0) is 19.7. The van der Waals surface area contributed by atoms with E-state index < -0.39 is 5.95 Å². The van der Waals surface area contributed by atoms with Crippen LogP contribution in [0.4, 0.5) is 8.78 Å². The zero-order valence-corrected chi connectivity index (χ0v) is 15.5. The van der Waals surface area contributed by atoms with Crippen LogP contribution < -0.4 is 4.74 Å². The highest BCUT2D eigenvalue weighted by atomic mass is 19.1. The Kier molecular flexibility index (Phi) is 4.73. The lowest BCUT2D eigenvalue weighted by Crippen LogP contribution is -2.03. The van der Waals surface area contributed by atoms with E-state index >= 15 is 0 Å². The van der Waals surface area contributed by atoms with Gasteiger partial charge in [-0.1, -0.05) is 6.07 Å². The average Bonchev–Trinajstić information content (AvgIpc) is 3.19. The van der Waals surface area contributed by atoms with Gasteiger partial charge in [-0.05, 0) is 55.7 Å². The molecule has 0 atom stereocenters. The Morgan fingerprint density at radius 2 is 1.89 bits per heavy atom. The van der Waals surface area contributed by atoms with Crippen molar-refractivity contribution in [2.45, 2.75) is 19.8 Å². The standard InChI is InChI=1S/C21H18F2N4O/c1-13-15(10-11-24-20(13)23)16-8-6-14(27-12-25-26-21(16)27)7-9-17-18(22)4-3-5-19(17)28-2/h3-6,8,10-12H,7,9H2,1-2H3. The van der Waals surface area contributed by atoms with Crippen LogP contribution in [0.2, 0.25) is 0 Å². The smallest absolute Gasteiger partial charge is 0.216 e. The summed E-state index contributed by atoms with van der Waals surface area (Å²) in [5, 5.41) is 8.22. The molecule has 0 aliphatic rings. The number of pyridine rings is 2. The maximum absolute atomic E-state index is 14.2. The topological polar surface area (TPSA) is 52.3 Å². The number of ether oxygens (including phenoxy) is 1. The van der Waals surface area contributed by atoms with E-state index in [4.69, 9.17) is 4.74 Å². The minimum Gasteiger partial charge on any atom is -0.496 e. The molecule has 0 N–H and O–H groups in total. The number of hydrogen-bond acceptors (Lipinski definition) is 4. The Morgan fingerprint density at radius 1 is 1.04 bits per heavy atom. The quantitative estimate of drug-likeness (QED) is 0.488. The SMILES string of the molecule is COc1cccc(F)c1CCc1ccc(-c2ccnc(F)c2C)c2nncn12. The first-order valence-electron chi connectivity index (χ1n) is 8.84. The normalized spacial score (nSPS) is 11.1. The monoisotopic (exact) mass is 380 g/mol. The molecular formula is C21H18F2N4O. The molecule has 0 saturated heterocycles. The second kappa shape index (κ2) is 7.34. The summed E-state index contributed by atoms with van der Waals surface area (Å²) in [7, 11) is 1.53. The molecule has 4 rings (SSSR count). The summed E-state index contributed by atoms with van der Waals surface area (Å²) in [6.07, 6.45) is 4.07. The minimum absolute atomic E-state index is 0.293. The number of benzene rings is 1. The van der Waals surface area contributed by atoms with E-state index in [1.807, 2.05) is 16.5 Å². The summed E-state index contributed by atoms with van der Waals surface area (Å²) in [5.74, 6) is -0.274. The Hall–Kier alpha value is -3.35. The van der Waals surface area contributed by atoms with Crippen molar-refractivity contribution >= 4 is 5.65 Å². The minimum atomic E-state index is -0.508. The van der Waals surface area contributed by atoms with Crippen LogP contribution in [0.25, 0.3) is 16.8 Å². The van der Waals surface area contributed by atoms with Crippen molar-refractivity contribution in [2.75, 3.05) is 7.11 Å². The van der Waals surface area contributed by atoms with Crippen molar-refractivity contribution < 1.29 is 13.5 Å². The number of fused-ring (bicyclic) bond motifs is 1. The number of hydrogen-bond donors (Lipinski definition) is 0. The molecule has 0 aliphatic heterocycles. The van der Waals surface area contributed by atoms with Gasteiger partial charge in [0.25, 0.3) is 0 Å². The van der Waals surface area contributed by atoms with Crippen LogP contribution in [-0.4, -0.2) is 26.7 Å². The predicted octanol–water partition coefficient (Wildman–Crippen LogP) is 4.17. The van der Waals surface area contributed by atoms with Crippen molar-refractivity contribution in [3.63, 3.8) is 0 Å². The number of rotatable bonds is 5. The molecular weight excluding hydrogens is 362 g/mol. The fraction of sp³-hybridized carbons (Fsp3) is 0.190. The third-order valence-electron chi connectivity index (χ3n) is 4.90. The van der Waals surface area contributed by atoms with Gasteiger partial charge in [0.2, 0.25) is 5.95 Å². The molecule has 5 nitrogen and oxygen atoms in total. The van der Waals surface area contributed by atoms with Gasteiger partial charge < -0.3 is 4.74 Å². The lowest BCUT2D eigenvalue weighted by atomic mass is 10.0. The Morgan fingerprint density at radius 3 is 2.71 bits per heavy atom. The summed E-state index contributed by atoms with van der Waals surface area (Å²) in [5.41, 5.74) is 4.00. The fourth-order valence-electron chi connectivity index (χ4n) is 3.40. The number of aryl methyl sites for hydroxylation is 1. The van der Waals surface area contributed by atoms with Gasteiger partial charge in [-0.2, -0.15) is 4.39 Å². The number of halogens is 2. The van der Waals surface area contributed by atoms with Crippen LogP contribution in [-0.2, 0) is 12.8 Å². The molecule has 0 saturated carbocycles. The molecule has 0 amide bonds. The molecule has 142 valence electrons. The Balaban J connectivity index is 1.72. The van der Waals surface area contributed by atoms with E-state index in [0.717, 1.165) is 11.3 Å². The molecule has 0 aliphatic carbocycles. The first-order chi connectivity index (χ1) is 13.6. The van der Waals surface area contributed by atoms with Crippen molar-refractivity contribution in [3.8, 4) is 16.9 Å². The Bertz CT molecular complexity index is 1160. The molecule has 4 aromatic rings. The van der Waals surface area contributed by atoms with E-state index in [1.165, 1.54) is 19.4 Å². The highest BCUT2D eigenvalue weighted by Crippen LogP contribution is 2.29. The van der Waals surface area contributed by atoms with Gasteiger partial charge in [-0.3, -0.25) is 4.40 Å². The number of methoxy groups -OCH3 is 1. The van der Waals surface area contributed by atoms with Crippen molar-refractivity contribution in [2.24, 2.45) is 0 Å². The lowest BCUT2D eigenvalue weighted by Gasteiger charge is -2.12. The predicted molar refractivity (Wildman–Crippen MR) is 101 cm³/mol. The first-order valence-corrected chi connectivity index (χ1v) is 8.84. The third-order valence-corrected chi connectivity index (χ3v) is 4.90. The van der Waals surface area contributed by atoms with Gasteiger partial charge in [0.15, 0.2) is 5.65 Å². The highest BCUT2D eigenvalue weighted by Gasteiger charge is 2.15. The molecule has 3 aromatic heterocycles. The van der Waals surface area contributed by atoms with E-state index in [0.29, 0.717) is 40.9 Å². The van der Waals surface area contributed by atoms with Crippen LogP contribution >= 0.6 is 0 Å². The van der Waals surface area contributed by atoms with E-state index in [2.05, 4.69) is 15.2 Å². The molecule has 0 bridgehead atoms.